The van der Waals surface area contributed by atoms with Gasteiger partial charge in [0.15, 0.2) is 0 Å². The van der Waals surface area contributed by atoms with Crippen LogP contribution >= 0.6 is 0 Å². The predicted octanol–water partition coefficient (Wildman–Crippen LogP) is 3.07. The normalized spacial score (nSPS) is 16.6. The molecule has 0 spiro atoms. The number of likely N-dealkylation sites (N-methyl/N-ethyl adjacent to an activating group) is 1. The van der Waals surface area contributed by atoms with Gasteiger partial charge in [0.25, 0.3) is 0 Å². The van der Waals surface area contributed by atoms with Crippen LogP contribution in [-0.4, -0.2) is 63.4 Å². The van der Waals surface area contributed by atoms with Crippen LogP contribution in [0.15, 0.2) is 53.4 Å². The van der Waals surface area contributed by atoms with E-state index in [9.17, 15) is 13.2 Å². The molecule has 1 unspecified atom stereocenters. The Morgan fingerprint density at radius 3 is 2.33 bits per heavy atom. The van der Waals surface area contributed by atoms with E-state index in [1.54, 1.807) is 24.3 Å². The zero-order valence-electron chi connectivity index (χ0n) is 20.0. The Labute approximate surface area is 198 Å². The number of hydrogen-bond acceptors (Lipinski definition) is 5. The average molecular weight is 473 g/mol. The molecule has 1 amide bonds. The van der Waals surface area contributed by atoms with E-state index >= 15 is 0 Å². The van der Waals surface area contributed by atoms with Gasteiger partial charge in [-0.2, -0.15) is 4.72 Å². The minimum Gasteiger partial charge on any atom is -0.325 e. The lowest BCUT2D eigenvalue weighted by Gasteiger charge is -2.32. The van der Waals surface area contributed by atoms with Crippen molar-refractivity contribution in [1.82, 2.24) is 14.5 Å². The first kappa shape index (κ1) is 25.4. The van der Waals surface area contributed by atoms with Crippen LogP contribution in [-0.2, 0) is 21.4 Å². The van der Waals surface area contributed by atoms with Crippen molar-refractivity contribution >= 4 is 21.6 Å². The summed E-state index contributed by atoms with van der Waals surface area (Å²) in [6, 6.07) is 13.5. The van der Waals surface area contributed by atoms with Crippen molar-refractivity contribution in [2.75, 3.05) is 38.5 Å². The Hall–Kier alpha value is -2.26. The standard InChI is InChI=1S/C25H36N4O3S/c1-19(2)16-24(27-33(31,32)23-10-8-20(3)9-11-23)25(30)26-22-7-5-6-21(17-22)18-29-14-12-28(4)13-15-29/h5-11,17,19,24,27H,12-16,18H2,1-4H3,(H,26,30). The summed E-state index contributed by atoms with van der Waals surface area (Å²) in [6.45, 7) is 10.8. The molecule has 0 aliphatic carbocycles. The van der Waals surface area contributed by atoms with Crippen LogP contribution in [0.25, 0.3) is 0 Å². The molecule has 1 fully saturated rings. The monoisotopic (exact) mass is 472 g/mol. The van der Waals surface area contributed by atoms with Crippen molar-refractivity contribution in [3.63, 3.8) is 0 Å². The number of piperazine rings is 1. The molecule has 180 valence electrons. The molecule has 33 heavy (non-hydrogen) atoms. The van der Waals surface area contributed by atoms with Crippen LogP contribution in [0.4, 0.5) is 5.69 Å². The lowest BCUT2D eigenvalue weighted by molar-refractivity contribution is -0.118. The molecule has 1 saturated heterocycles. The minimum atomic E-state index is -3.81. The van der Waals surface area contributed by atoms with E-state index in [1.807, 2.05) is 39.0 Å². The zero-order chi connectivity index (χ0) is 24.0. The number of rotatable bonds is 9. The number of anilines is 1. The van der Waals surface area contributed by atoms with Gasteiger partial charge in [-0.3, -0.25) is 9.69 Å². The number of sulfonamides is 1. The Morgan fingerprint density at radius 2 is 1.70 bits per heavy atom. The molecule has 1 atom stereocenters. The molecular weight excluding hydrogens is 436 g/mol. The molecule has 2 N–H and O–H groups in total. The molecule has 1 aliphatic heterocycles. The topological polar surface area (TPSA) is 81.7 Å². The van der Waals surface area contributed by atoms with E-state index < -0.39 is 16.1 Å². The quantitative estimate of drug-likeness (QED) is 0.586. The summed E-state index contributed by atoms with van der Waals surface area (Å²) in [5.74, 6) is -0.207. The lowest BCUT2D eigenvalue weighted by Crippen LogP contribution is -2.44. The number of nitrogens with zero attached hydrogens (tertiary/aromatic N) is 2. The van der Waals surface area contributed by atoms with Crippen molar-refractivity contribution in [2.45, 2.75) is 44.7 Å². The van der Waals surface area contributed by atoms with Crippen molar-refractivity contribution in [1.29, 1.82) is 0 Å². The Kier molecular flexibility index (Phi) is 8.64. The highest BCUT2D eigenvalue weighted by Gasteiger charge is 2.26. The number of carbonyl (C=O) groups excluding carboxylic acids is 1. The summed E-state index contributed by atoms with van der Waals surface area (Å²) in [7, 11) is -1.68. The van der Waals surface area contributed by atoms with Gasteiger partial charge in [-0.25, -0.2) is 8.42 Å². The third-order valence-corrected chi connectivity index (χ3v) is 7.34. The Bertz CT molecular complexity index is 1030. The van der Waals surface area contributed by atoms with Crippen LogP contribution in [0.2, 0.25) is 0 Å². The molecule has 0 bridgehead atoms. The summed E-state index contributed by atoms with van der Waals surface area (Å²) in [5.41, 5.74) is 2.77. The van der Waals surface area contributed by atoms with E-state index in [1.165, 1.54) is 0 Å². The number of aryl methyl sites for hydroxylation is 1. The first-order valence-electron chi connectivity index (χ1n) is 11.5. The number of hydrogen-bond donors (Lipinski definition) is 2. The second-order valence-corrected chi connectivity index (χ2v) is 11.1. The zero-order valence-corrected chi connectivity index (χ0v) is 20.9. The maximum absolute atomic E-state index is 13.1. The van der Waals surface area contributed by atoms with Gasteiger partial charge in [0.1, 0.15) is 6.04 Å². The highest BCUT2D eigenvalue weighted by atomic mass is 32.2. The summed E-state index contributed by atoms with van der Waals surface area (Å²) in [5, 5.41) is 2.92. The predicted molar refractivity (Wildman–Crippen MR) is 133 cm³/mol. The van der Waals surface area contributed by atoms with E-state index in [-0.39, 0.29) is 16.7 Å². The first-order chi connectivity index (χ1) is 15.6. The van der Waals surface area contributed by atoms with Gasteiger partial charge in [-0.15, -0.1) is 0 Å². The van der Waals surface area contributed by atoms with Crippen molar-refractivity contribution in [3.8, 4) is 0 Å². The highest BCUT2D eigenvalue weighted by Crippen LogP contribution is 2.17. The van der Waals surface area contributed by atoms with E-state index in [2.05, 4.69) is 33.0 Å². The van der Waals surface area contributed by atoms with E-state index in [0.717, 1.165) is 43.9 Å². The third kappa shape index (κ3) is 7.64. The second kappa shape index (κ2) is 11.2. The largest absolute Gasteiger partial charge is 0.325 e. The number of benzene rings is 2. The molecule has 3 rings (SSSR count). The fourth-order valence-corrected chi connectivity index (χ4v) is 5.10. The summed E-state index contributed by atoms with van der Waals surface area (Å²) < 4.78 is 28.4. The van der Waals surface area contributed by atoms with Gasteiger partial charge < -0.3 is 10.2 Å². The fraction of sp³-hybridized carbons (Fsp3) is 0.480. The van der Waals surface area contributed by atoms with Crippen molar-refractivity contribution in [2.24, 2.45) is 5.92 Å². The first-order valence-corrected chi connectivity index (χ1v) is 13.0. The van der Waals surface area contributed by atoms with Crippen molar-refractivity contribution < 1.29 is 13.2 Å². The third-order valence-electron chi connectivity index (χ3n) is 5.85. The molecule has 1 heterocycles. The Morgan fingerprint density at radius 1 is 1.03 bits per heavy atom. The number of amides is 1. The molecule has 1 aliphatic rings. The lowest BCUT2D eigenvalue weighted by atomic mass is 10.0. The molecule has 8 heteroatoms. The van der Waals surface area contributed by atoms with Crippen LogP contribution in [0, 0.1) is 12.8 Å². The van der Waals surface area contributed by atoms with Gasteiger partial charge in [0.05, 0.1) is 4.90 Å². The number of carbonyl (C=O) groups is 1. The molecule has 0 saturated carbocycles. The SMILES string of the molecule is Cc1ccc(S(=O)(=O)NC(CC(C)C)C(=O)Nc2cccc(CN3CCN(C)CC3)c2)cc1. The molecular formula is C25H36N4O3S. The maximum Gasteiger partial charge on any atom is 0.242 e. The molecule has 2 aromatic rings. The Balaban J connectivity index is 1.69. The van der Waals surface area contributed by atoms with Gasteiger partial charge in [0, 0.05) is 38.4 Å². The maximum atomic E-state index is 13.1. The fourth-order valence-electron chi connectivity index (χ4n) is 3.89. The van der Waals surface area contributed by atoms with Gasteiger partial charge in [0.2, 0.25) is 15.9 Å². The number of nitrogens with one attached hydrogen (secondary N) is 2. The smallest absolute Gasteiger partial charge is 0.242 e. The minimum absolute atomic E-state index is 0.144. The summed E-state index contributed by atoms with van der Waals surface area (Å²) in [6.07, 6.45) is 0.401. The van der Waals surface area contributed by atoms with E-state index in [0.29, 0.717) is 12.1 Å². The highest BCUT2D eigenvalue weighted by molar-refractivity contribution is 7.89. The average Bonchev–Trinajstić information content (AvgIpc) is 2.75. The van der Waals surface area contributed by atoms with Crippen LogP contribution < -0.4 is 10.0 Å². The van der Waals surface area contributed by atoms with Crippen LogP contribution in [0.1, 0.15) is 31.4 Å². The van der Waals surface area contributed by atoms with Crippen molar-refractivity contribution in [3.05, 3.63) is 59.7 Å². The van der Waals surface area contributed by atoms with Gasteiger partial charge >= 0.3 is 0 Å². The van der Waals surface area contributed by atoms with Crippen LogP contribution in [0.5, 0.6) is 0 Å². The van der Waals surface area contributed by atoms with Crippen LogP contribution in [0.3, 0.4) is 0 Å². The second-order valence-electron chi connectivity index (χ2n) is 9.39. The molecule has 7 nitrogen and oxygen atoms in total. The molecule has 0 radical (unpaired) electrons. The van der Waals surface area contributed by atoms with Gasteiger partial charge in [-0.1, -0.05) is 43.7 Å². The molecule has 2 aromatic carbocycles. The summed E-state index contributed by atoms with van der Waals surface area (Å²) >= 11 is 0. The summed E-state index contributed by atoms with van der Waals surface area (Å²) in [4.78, 5) is 18.0. The van der Waals surface area contributed by atoms with E-state index in [4.69, 9.17) is 0 Å². The van der Waals surface area contributed by atoms with Gasteiger partial charge in [-0.05, 0) is 56.1 Å². The molecule has 0 aromatic heterocycles.